The highest BCUT2D eigenvalue weighted by atomic mass is 35.5. The molecule has 1 rings (SSSR count). The minimum absolute atomic E-state index is 0.0540. The van der Waals surface area contributed by atoms with E-state index in [1.807, 2.05) is 0 Å². The molecule has 0 aromatic heterocycles. The number of nitro benzene ring substituents is 1. The number of hydrogen-bond acceptors (Lipinski definition) is 4. The lowest BCUT2D eigenvalue weighted by molar-refractivity contribution is -0.384. The Morgan fingerprint density at radius 3 is 2.67 bits per heavy atom. The zero-order valence-corrected chi connectivity index (χ0v) is 8.56. The molecule has 6 heteroatoms. The SMILES string of the molecule is CC(=O)C(Cl)c1cc([N+](=O)[O-])ccc1O. The summed E-state index contributed by atoms with van der Waals surface area (Å²) in [6, 6.07) is 3.38. The summed E-state index contributed by atoms with van der Waals surface area (Å²) in [7, 11) is 0. The fourth-order valence-corrected chi connectivity index (χ4v) is 1.25. The van der Waals surface area contributed by atoms with Crippen molar-refractivity contribution >= 4 is 23.1 Å². The van der Waals surface area contributed by atoms with Crippen molar-refractivity contribution in [3.05, 3.63) is 33.9 Å². The minimum Gasteiger partial charge on any atom is -0.508 e. The first-order chi connectivity index (χ1) is 6.93. The fraction of sp³-hybridized carbons (Fsp3) is 0.222. The lowest BCUT2D eigenvalue weighted by Crippen LogP contribution is -2.02. The molecule has 0 saturated heterocycles. The molecule has 1 N–H and O–H groups in total. The van der Waals surface area contributed by atoms with Crippen LogP contribution >= 0.6 is 11.6 Å². The van der Waals surface area contributed by atoms with Gasteiger partial charge in [0.2, 0.25) is 0 Å². The maximum atomic E-state index is 11.0. The summed E-state index contributed by atoms with van der Waals surface area (Å²) in [6.07, 6.45) is 0. The first-order valence-electron chi connectivity index (χ1n) is 4.05. The van der Waals surface area contributed by atoms with E-state index >= 15 is 0 Å². The van der Waals surface area contributed by atoms with E-state index in [0.717, 1.165) is 18.2 Å². The highest BCUT2D eigenvalue weighted by molar-refractivity contribution is 6.31. The molecule has 0 fully saturated rings. The van der Waals surface area contributed by atoms with Gasteiger partial charge in [-0.05, 0) is 13.0 Å². The van der Waals surface area contributed by atoms with E-state index in [1.165, 1.54) is 6.92 Å². The van der Waals surface area contributed by atoms with E-state index in [1.54, 1.807) is 0 Å². The largest absolute Gasteiger partial charge is 0.508 e. The van der Waals surface area contributed by atoms with E-state index in [2.05, 4.69) is 0 Å². The third-order valence-electron chi connectivity index (χ3n) is 1.85. The highest BCUT2D eigenvalue weighted by Gasteiger charge is 2.20. The van der Waals surface area contributed by atoms with E-state index in [-0.39, 0.29) is 22.8 Å². The zero-order valence-electron chi connectivity index (χ0n) is 7.81. The number of non-ortho nitro benzene ring substituents is 1. The van der Waals surface area contributed by atoms with Crippen LogP contribution in [0.15, 0.2) is 18.2 Å². The second kappa shape index (κ2) is 4.27. The van der Waals surface area contributed by atoms with Crippen molar-refractivity contribution in [3.8, 4) is 5.75 Å². The Balaban J connectivity index is 3.22. The molecule has 15 heavy (non-hydrogen) atoms. The Morgan fingerprint density at radius 2 is 2.20 bits per heavy atom. The van der Waals surface area contributed by atoms with Gasteiger partial charge < -0.3 is 5.11 Å². The van der Waals surface area contributed by atoms with Crippen LogP contribution in [0.1, 0.15) is 17.9 Å². The third kappa shape index (κ3) is 2.44. The number of carbonyl (C=O) groups excluding carboxylic acids is 1. The smallest absolute Gasteiger partial charge is 0.270 e. The van der Waals surface area contributed by atoms with E-state index in [4.69, 9.17) is 11.6 Å². The molecule has 0 aliphatic heterocycles. The van der Waals surface area contributed by atoms with Crippen molar-refractivity contribution in [3.63, 3.8) is 0 Å². The van der Waals surface area contributed by atoms with Gasteiger partial charge in [0, 0.05) is 17.7 Å². The van der Waals surface area contributed by atoms with Crippen LogP contribution in [0.2, 0.25) is 0 Å². The second-order valence-corrected chi connectivity index (χ2v) is 3.41. The normalized spacial score (nSPS) is 12.1. The van der Waals surface area contributed by atoms with Gasteiger partial charge in [-0.25, -0.2) is 0 Å². The van der Waals surface area contributed by atoms with Crippen LogP contribution < -0.4 is 0 Å². The number of rotatable bonds is 3. The molecule has 0 aliphatic rings. The summed E-state index contributed by atoms with van der Waals surface area (Å²) < 4.78 is 0. The third-order valence-corrected chi connectivity index (χ3v) is 2.39. The maximum Gasteiger partial charge on any atom is 0.270 e. The first-order valence-corrected chi connectivity index (χ1v) is 4.49. The molecule has 0 bridgehead atoms. The molecule has 1 atom stereocenters. The number of Topliss-reactive ketones (excluding diaryl/α,β-unsaturated/α-hetero) is 1. The van der Waals surface area contributed by atoms with Crippen molar-refractivity contribution in [2.24, 2.45) is 0 Å². The number of ketones is 1. The van der Waals surface area contributed by atoms with Gasteiger partial charge in [0.25, 0.3) is 5.69 Å². The van der Waals surface area contributed by atoms with Gasteiger partial charge in [0.15, 0.2) is 5.78 Å². The van der Waals surface area contributed by atoms with Crippen molar-refractivity contribution in [1.29, 1.82) is 0 Å². The lowest BCUT2D eigenvalue weighted by atomic mass is 10.1. The van der Waals surface area contributed by atoms with Gasteiger partial charge in [-0.15, -0.1) is 11.6 Å². The van der Waals surface area contributed by atoms with Gasteiger partial charge in [0.05, 0.1) is 4.92 Å². The molecule has 1 unspecified atom stereocenters. The highest BCUT2D eigenvalue weighted by Crippen LogP contribution is 2.32. The average molecular weight is 230 g/mol. The number of nitrogens with zero attached hydrogens (tertiary/aromatic N) is 1. The van der Waals surface area contributed by atoms with Crippen LogP contribution in [0.3, 0.4) is 0 Å². The quantitative estimate of drug-likeness (QED) is 0.489. The van der Waals surface area contributed by atoms with Crippen LogP contribution in [0.25, 0.3) is 0 Å². The Morgan fingerprint density at radius 1 is 1.60 bits per heavy atom. The standard InChI is InChI=1S/C9H8ClNO4/c1-5(12)9(10)7-4-6(11(14)15)2-3-8(7)13/h2-4,9,13H,1H3. The Hall–Kier alpha value is -1.62. The molecule has 0 heterocycles. The van der Waals surface area contributed by atoms with Crippen molar-refractivity contribution in [2.45, 2.75) is 12.3 Å². The summed E-state index contributed by atoms with van der Waals surface area (Å²) in [6.45, 7) is 1.25. The van der Waals surface area contributed by atoms with Crippen molar-refractivity contribution in [1.82, 2.24) is 0 Å². The number of hydrogen-bond donors (Lipinski definition) is 1. The maximum absolute atomic E-state index is 11.0. The van der Waals surface area contributed by atoms with Crippen LogP contribution in [0.4, 0.5) is 5.69 Å². The fourth-order valence-electron chi connectivity index (χ4n) is 1.08. The van der Waals surface area contributed by atoms with E-state index < -0.39 is 10.3 Å². The molecule has 1 aromatic carbocycles. The van der Waals surface area contributed by atoms with Crippen LogP contribution in [-0.2, 0) is 4.79 Å². The minimum atomic E-state index is -1.06. The molecule has 5 nitrogen and oxygen atoms in total. The molecule has 0 spiro atoms. The Labute approximate surface area is 90.4 Å². The first kappa shape index (κ1) is 11.5. The monoisotopic (exact) mass is 229 g/mol. The Bertz CT molecular complexity index is 419. The lowest BCUT2D eigenvalue weighted by Gasteiger charge is -2.07. The molecule has 0 saturated carbocycles. The van der Waals surface area contributed by atoms with Gasteiger partial charge in [0.1, 0.15) is 11.1 Å². The number of aromatic hydroxyl groups is 1. The molecule has 1 aromatic rings. The van der Waals surface area contributed by atoms with Crippen LogP contribution in [0.5, 0.6) is 5.75 Å². The number of phenols is 1. The van der Waals surface area contributed by atoms with Gasteiger partial charge >= 0.3 is 0 Å². The molecular formula is C9H8ClNO4. The summed E-state index contributed by atoms with van der Waals surface area (Å²) in [5.74, 6) is -0.608. The van der Waals surface area contributed by atoms with Gasteiger partial charge in [-0.3, -0.25) is 14.9 Å². The number of halogens is 1. The summed E-state index contributed by atoms with van der Waals surface area (Å²) in [5.41, 5.74) is -0.159. The van der Waals surface area contributed by atoms with Crippen LogP contribution in [-0.4, -0.2) is 15.8 Å². The number of phenolic OH excluding ortho intramolecular Hbond substituents is 1. The summed E-state index contributed by atoms with van der Waals surface area (Å²) in [4.78, 5) is 20.8. The number of nitro groups is 1. The van der Waals surface area contributed by atoms with Gasteiger partial charge in [-0.2, -0.15) is 0 Å². The van der Waals surface area contributed by atoms with Crippen molar-refractivity contribution < 1.29 is 14.8 Å². The Kier molecular flexibility index (Phi) is 3.26. The summed E-state index contributed by atoms with van der Waals surface area (Å²) in [5, 5.41) is 18.8. The molecular weight excluding hydrogens is 222 g/mol. The number of alkyl halides is 1. The average Bonchev–Trinajstić information content (AvgIpc) is 2.16. The number of carbonyl (C=O) groups is 1. The predicted molar refractivity (Wildman–Crippen MR) is 54.0 cm³/mol. The predicted octanol–water partition coefficient (Wildman–Crippen LogP) is 2.17. The topological polar surface area (TPSA) is 80.4 Å². The van der Waals surface area contributed by atoms with Crippen molar-refractivity contribution in [2.75, 3.05) is 0 Å². The van der Waals surface area contributed by atoms with Gasteiger partial charge in [-0.1, -0.05) is 0 Å². The molecule has 0 aliphatic carbocycles. The van der Waals surface area contributed by atoms with E-state index in [9.17, 15) is 20.0 Å². The molecule has 0 radical (unpaired) electrons. The molecule has 80 valence electrons. The number of benzene rings is 1. The summed E-state index contributed by atoms with van der Waals surface area (Å²) >= 11 is 5.69. The van der Waals surface area contributed by atoms with Crippen LogP contribution in [0, 0.1) is 10.1 Å². The zero-order chi connectivity index (χ0) is 11.6. The second-order valence-electron chi connectivity index (χ2n) is 2.97. The molecule has 0 amide bonds. The van der Waals surface area contributed by atoms with E-state index in [0.29, 0.717) is 0 Å².